The van der Waals surface area contributed by atoms with Crippen LogP contribution in [-0.2, 0) is 0 Å². The molecule has 0 bridgehead atoms. The molecule has 1 aromatic heterocycles. The van der Waals surface area contributed by atoms with E-state index < -0.39 is 0 Å². The van der Waals surface area contributed by atoms with Gasteiger partial charge in [-0.15, -0.1) is 0 Å². The fourth-order valence-corrected chi connectivity index (χ4v) is 1.02. The summed E-state index contributed by atoms with van der Waals surface area (Å²) in [4.78, 5) is 3.81. The highest BCUT2D eigenvalue weighted by Gasteiger charge is 1.93. The van der Waals surface area contributed by atoms with Crippen LogP contribution in [0.2, 0.25) is 5.15 Å². The van der Waals surface area contributed by atoms with E-state index in [-0.39, 0.29) is 0 Å². The second-order valence-electron chi connectivity index (χ2n) is 1.53. The fourth-order valence-electron chi connectivity index (χ4n) is 0.438. The summed E-state index contributed by atoms with van der Waals surface area (Å²) in [7, 11) is 5.42. The van der Waals surface area contributed by atoms with Crippen LogP contribution in [0, 0.1) is 3.57 Å². The highest BCUT2D eigenvalue weighted by molar-refractivity contribution is 14.1. The average molecular weight is 249 g/mol. The summed E-state index contributed by atoms with van der Waals surface area (Å²) < 4.78 is 0.995. The van der Waals surface area contributed by atoms with E-state index >= 15 is 0 Å². The Bertz CT molecular complexity index is 228. The second kappa shape index (κ2) is 2.88. The quantitative estimate of drug-likeness (QED) is 0.381. The summed E-state index contributed by atoms with van der Waals surface area (Å²) in [5.41, 5.74) is 0.531. The van der Waals surface area contributed by atoms with Crippen LogP contribution in [0.1, 0.15) is 0 Å². The Labute approximate surface area is 73.4 Å². The molecule has 2 radical (unpaired) electrons. The Balaban J connectivity index is 3.17. The first-order valence-corrected chi connectivity index (χ1v) is 3.72. The number of hydrogen-bond donors (Lipinski definition) is 0. The Hall–Kier alpha value is 0.235. The lowest BCUT2D eigenvalue weighted by atomic mass is 9.99. The Morgan fingerprint density at radius 2 is 2.33 bits per heavy atom. The van der Waals surface area contributed by atoms with Crippen molar-refractivity contribution in [2.45, 2.75) is 0 Å². The molecule has 9 heavy (non-hydrogen) atoms. The first-order valence-electron chi connectivity index (χ1n) is 2.26. The molecule has 1 aromatic rings. The van der Waals surface area contributed by atoms with Crippen molar-refractivity contribution in [2.24, 2.45) is 0 Å². The van der Waals surface area contributed by atoms with Crippen LogP contribution in [0.4, 0.5) is 0 Å². The molecule has 0 atom stereocenters. The zero-order valence-electron chi connectivity index (χ0n) is 4.44. The summed E-state index contributed by atoms with van der Waals surface area (Å²) >= 11 is 7.66. The molecule has 0 unspecified atom stereocenters. The van der Waals surface area contributed by atoms with Crippen molar-refractivity contribution in [2.75, 3.05) is 0 Å². The molecule has 1 rings (SSSR count). The van der Waals surface area contributed by atoms with Gasteiger partial charge in [-0.3, -0.25) is 0 Å². The van der Waals surface area contributed by atoms with Gasteiger partial charge in [0.05, 0.1) is 0 Å². The van der Waals surface area contributed by atoms with Gasteiger partial charge in [0.15, 0.2) is 0 Å². The molecule has 4 heteroatoms. The van der Waals surface area contributed by atoms with Crippen molar-refractivity contribution in [1.82, 2.24) is 4.98 Å². The van der Waals surface area contributed by atoms with Crippen LogP contribution in [0.3, 0.4) is 0 Å². The first-order chi connectivity index (χ1) is 4.20. The SMILES string of the molecule is [B]c1cc(I)cnc1Cl. The van der Waals surface area contributed by atoms with Crippen LogP contribution < -0.4 is 5.46 Å². The predicted molar refractivity (Wildman–Crippen MR) is 47.4 cm³/mol. The van der Waals surface area contributed by atoms with Gasteiger partial charge in [-0.2, -0.15) is 0 Å². The van der Waals surface area contributed by atoms with E-state index in [0.29, 0.717) is 10.6 Å². The van der Waals surface area contributed by atoms with Gasteiger partial charge in [0.2, 0.25) is 0 Å². The molecule has 0 saturated carbocycles. The van der Waals surface area contributed by atoms with Crippen molar-refractivity contribution >= 4 is 47.5 Å². The Kier molecular flexibility index (Phi) is 2.35. The third-order valence-corrected chi connectivity index (χ3v) is 1.74. The number of halogens is 2. The fraction of sp³-hybridized carbons (Fsp3) is 0. The summed E-state index contributed by atoms with van der Waals surface area (Å²) in [5, 5.41) is 0.371. The molecule has 0 spiro atoms. The molecule has 0 aromatic carbocycles. The minimum absolute atomic E-state index is 0.371. The monoisotopic (exact) mass is 249 g/mol. The van der Waals surface area contributed by atoms with E-state index in [2.05, 4.69) is 27.6 Å². The van der Waals surface area contributed by atoms with E-state index in [0.717, 1.165) is 3.57 Å². The van der Waals surface area contributed by atoms with Crippen LogP contribution >= 0.6 is 34.2 Å². The zero-order chi connectivity index (χ0) is 6.85. The molecule has 0 saturated heterocycles. The largest absolute Gasteiger partial charge is 0.244 e. The van der Waals surface area contributed by atoms with Gasteiger partial charge in [0, 0.05) is 9.77 Å². The Morgan fingerprint density at radius 3 is 2.78 bits per heavy atom. The van der Waals surface area contributed by atoms with Crippen LogP contribution in [0.15, 0.2) is 12.3 Å². The van der Waals surface area contributed by atoms with Gasteiger partial charge in [-0.25, -0.2) is 4.98 Å². The molecule has 0 aliphatic carbocycles. The number of aromatic nitrogens is 1. The van der Waals surface area contributed by atoms with Crippen molar-refractivity contribution in [3.05, 3.63) is 21.0 Å². The van der Waals surface area contributed by atoms with Gasteiger partial charge in [0.1, 0.15) is 13.0 Å². The zero-order valence-corrected chi connectivity index (χ0v) is 7.35. The molecule has 0 aliphatic heterocycles. The van der Waals surface area contributed by atoms with Crippen molar-refractivity contribution < 1.29 is 0 Å². The maximum atomic E-state index is 5.54. The van der Waals surface area contributed by atoms with Gasteiger partial charge in [-0.05, 0) is 22.6 Å². The van der Waals surface area contributed by atoms with Gasteiger partial charge < -0.3 is 0 Å². The molecule has 0 amide bonds. The van der Waals surface area contributed by atoms with Crippen molar-refractivity contribution in [1.29, 1.82) is 0 Å². The average Bonchev–Trinajstić information content (AvgIpc) is 1.80. The predicted octanol–water partition coefficient (Wildman–Crippen LogP) is 1.13. The number of hydrogen-bond acceptors (Lipinski definition) is 1. The minimum Gasteiger partial charge on any atom is -0.244 e. The van der Waals surface area contributed by atoms with Gasteiger partial charge in [-0.1, -0.05) is 23.1 Å². The lowest BCUT2D eigenvalue weighted by Gasteiger charge is -1.94. The van der Waals surface area contributed by atoms with Crippen molar-refractivity contribution in [3.8, 4) is 0 Å². The third kappa shape index (κ3) is 1.83. The molecule has 0 N–H and O–H groups in total. The highest BCUT2D eigenvalue weighted by Crippen LogP contribution is 2.03. The van der Waals surface area contributed by atoms with E-state index in [1.165, 1.54) is 0 Å². The summed E-state index contributed by atoms with van der Waals surface area (Å²) in [6.45, 7) is 0. The smallest absolute Gasteiger partial charge is 0.122 e. The van der Waals surface area contributed by atoms with Crippen molar-refractivity contribution in [3.63, 3.8) is 0 Å². The van der Waals surface area contributed by atoms with Crippen LogP contribution in [0.25, 0.3) is 0 Å². The molecular weight excluding hydrogens is 247 g/mol. The number of rotatable bonds is 0. The van der Waals surface area contributed by atoms with E-state index in [4.69, 9.17) is 19.4 Å². The molecule has 0 fully saturated rings. The maximum Gasteiger partial charge on any atom is 0.122 e. The Morgan fingerprint density at radius 1 is 1.67 bits per heavy atom. The molecule has 0 aliphatic rings. The number of nitrogens with zero attached hydrogens (tertiary/aromatic N) is 1. The van der Waals surface area contributed by atoms with E-state index in [1.807, 2.05) is 0 Å². The van der Waals surface area contributed by atoms with E-state index in [9.17, 15) is 0 Å². The second-order valence-corrected chi connectivity index (χ2v) is 3.14. The minimum atomic E-state index is 0.371. The number of pyridine rings is 1. The lowest BCUT2D eigenvalue weighted by Crippen LogP contribution is -2.05. The standard InChI is InChI=1S/C5H2BClIN/c6-4-1-3(8)2-9-5(4)7/h1-2H. The van der Waals surface area contributed by atoms with E-state index in [1.54, 1.807) is 12.3 Å². The van der Waals surface area contributed by atoms with Crippen LogP contribution in [-0.4, -0.2) is 12.8 Å². The first kappa shape index (κ1) is 7.34. The molecule has 1 heterocycles. The van der Waals surface area contributed by atoms with Crippen LogP contribution in [0.5, 0.6) is 0 Å². The lowest BCUT2D eigenvalue weighted by molar-refractivity contribution is 1.33. The molecular formula is C5H2BClIN. The maximum absolute atomic E-state index is 5.54. The molecule has 44 valence electrons. The molecule has 1 nitrogen and oxygen atoms in total. The summed E-state index contributed by atoms with van der Waals surface area (Å²) in [6.07, 6.45) is 1.67. The normalized spacial score (nSPS) is 9.56. The van der Waals surface area contributed by atoms with Gasteiger partial charge >= 0.3 is 0 Å². The van der Waals surface area contributed by atoms with Gasteiger partial charge in [0.25, 0.3) is 0 Å². The topological polar surface area (TPSA) is 12.9 Å². The summed E-state index contributed by atoms with van der Waals surface area (Å²) in [5.74, 6) is 0. The highest BCUT2D eigenvalue weighted by atomic mass is 127. The third-order valence-electron chi connectivity index (χ3n) is 0.833. The summed E-state index contributed by atoms with van der Waals surface area (Å²) in [6, 6.07) is 1.77.